The number of pyridine rings is 1. The van der Waals surface area contributed by atoms with Crippen LogP contribution in [0, 0.1) is 0 Å². The van der Waals surface area contributed by atoms with Crippen LogP contribution in [-0.4, -0.2) is 11.6 Å². The van der Waals surface area contributed by atoms with E-state index in [0.29, 0.717) is 10.7 Å². The number of anilines is 1. The summed E-state index contributed by atoms with van der Waals surface area (Å²) in [4.78, 5) is 14.6. The fraction of sp³-hybridized carbons (Fsp3) is 0.211. The molecule has 0 spiro atoms. The lowest BCUT2D eigenvalue weighted by molar-refractivity contribution is 0.585. The zero-order chi connectivity index (χ0) is 17.4. The van der Waals surface area contributed by atoms with Gasteiger partial charge < -0.3 is 15.2 Å². The molecule has 0 radical (unpaired) electrons. The Balaban J connectivity index is 2.18. The minimum absolute atomic E-state index is 0.0659. The van der Waals surface area contributed by atoms with Crippen molar-refractivity contribution in [1.29, 1.82) is 0 Å². The lowest BCUT2D eigenvalue weighted by atomic mass is 10.0. The van der Waals surface area contributed by atoms with Crippen LogP contribution >= 0.6 is 11.6 Å². The van der Waals surface area contributed by atoms with Gasteiger partial charge in [0, 0.05) is 40.8 Å². The zero-order valence-corrected chi connectivity index (χ0v) is 14.4. The van der Waals surface area contributed by atoms with Crippen molar-refractivity contribution in [3.63, 3.8) is 0 Å². The van der Waals surface area contributed by atoms with Crippen molar-refractivity contribution in [2.75, 3.05) is 11.9 Å². The number of hydrogen-bond donors (Lipinski definition) is 1. The van der Waals surface area contributed by atoms with Crippen molar-refractivity contribution in [2.24, 2.45) is 5.73 Å². The van der Waals surface area contributed by atoms with E-state index >= 15 is 0 Å². The first-order chi connectivity index (χ1) is 11.4. The second kappa shape index (κ2) is 6.21. The van der Waals surface area contributed by atoms with Crippen molar-refractivity contribution in [3.05, 3.63) is 76.5 Å². The average Bonchev–Trinajstić information content (AvgIpc) is 2.98. The summed E-state index contributed by atoms with van der Waals surface area (Å²) >= 11 is 6.18. The van der Waals surface area contributed by atoms with Crippen LogP contribution in [0.25, 0.3) is 11.1 Å². The highest BCUT2D eigenvalue weighted by Crippen LogP contribution is 2.35. The SMILES string of the molecule is C=CN(C)c1ccc(Cl)cc1-c1cc2n(c(=O)c1)C(C(=C)N)CC2. The molecular weight excluding hydrogens is 322 g/mol. The summed E-state index contributed by atoms with van der Waals surface area (Å²) in [5, 5.41) is 0.625. The number of benzene rings is 1. The summed E-state index contributed by atoms with van der Waals surface area (Å²) in [7, 11) is 1.91. The molecule has 0 saturated carbocycles. The molecule has 1 aliphatic heterocycles. The Kier molecular flexibility index (Phi) is 4.24. The maximum atomic E-state index is 12.7. The van der Waals surface area contributed by atoms with Gasteiger partial charge in [-0.05, 0) is 48.9 Å². The van der Waals surface area contributed by atoms with Crippen LogP contribution in [0.3, 0.4) is 0 Å². The van der Waals surface area contributed by atoms with E-state index in [9.17, 15) is 4.79 Å². The standard InChI is InChI=1S/C19H20ClN3O/c1-4-22(3)18-7-5-14(20)11-16(18)13-9-15-6-8-17(12(2)21)23(15)19(24)10-13/h4-5,7,9-11,17H,1-2,6,8,21H2,3H3. The molecule has 0 saturated heterocycles. The maximum absolute atomic E-state index is 12.7. The number of aryl methyl sites for hydroxylation is 1. The molecule has 3 rings (SSSR count). The molecule has 0 fully saturated rings. The van der Waals surface area contributed by atoms with Crippen LogP contribution in [0.4, 0.5) is 5.69 Å². The minimum Gasteiger partial charge on any atom is -0.401 e. The summed E-state index contributed by atoms with van der Waals surface area (Å²) < 4.78 is 1.74. The molecule has 4 nitrogen and oxygen atoms in total. The third kappa shape index (κ3) is 2.74. The summed E-state index contributed by atoms with van der Waals surface area (Å²) in [6.07, 6.45) is 3.33. The molecule has 2 aromatic rings. The normalized spacial score (nSPS) is 15.8. The summed E-state index contributed by atoms with van der Waals surface area (Å²) in [5.41, 5.74) is 9.97. The third-order valence-electron chi connectivity index (χ3n) is 4.49. The summed E-state index contributed by atoms with van der Waals surface area (Å²) in [6, 6.07) is 9.19. The number of aromatic nitrogens is 1. The number of halogens is 1. The monoisotopic (exact) mass is 341 g/mol. The van der Waals surface area contributed by atoms with Crippen molar-refractivity contribution >= 4 is 17.3 Å². The van der Waals surface area contributed by atoms with Gasteiger partial charge in [-0.2, -0.15) is 0 Å². The molecule has 1 unspecified atom stereocenters. The van der Waals surface area contributed by atoms with Gasteiger partial charge >= 0.3 is 0 Å². The Labute approximate surface area is 146 Å². The van der Waals surface area contributed by atoms with E-state index in [1.807, 2.05) is 36.2 Å². The molecule has 5 heteroatoms. The van der Waals surface area contributed by atoms with E-state index in [-0.39, 0.29) is 11.6 Å². The Morgan fingerprint density at radius 2 is 2.17 bits per heavy atom. The van der Waals surface area contributed by atoms with Gasteiger partial charge in [0.1, 0.15) is 0 Å². The maximum Gasteiger partial charge on any atom is 0.251 e. The summed E-state index contributed by atoms with van der Waals surface area (Å²) in [5.74, 6) is 0. The van der Waals surface area contributed by atoms with Gasteiger partial charge in [-0.25, -0.2) is 0 Å². The fourth-order valence-corrected chi connectivity index (χ4v) is 3.42. The van der Waals surface area contributed by atoms with Gasteiger partial charge in [-0.15, -0.1) is 0 Å². The number of nitrogens with two attached hydrogens (primary N) is 1. The van der Waals surface area contributed by atoms with Gasteiger partial charge in [0.2, 0.25) is 0 Å². The van der Waals surface area contributed by atoms with E-state index < -0.39 is 0 Å². The first kappa shape index (κ1) is 16.4. The average molecular weight is 342 g/mol. The van der Waals surface area contributed by atoms with E-state index in [2.05, 4.69) is 13.2 Å². The molecule has 24 heavy (non-hydrogen) atoms. The van der Waals surface area contributed by atoms with Gasteiger partial charge in [-0.3, -0.25) is 4.79 Å². The Bertz CT molecular complexity index is 885. The molecule has 1 atom stereocenters. The van der Waals surface area contributed by atoms with E-state index in [0.717, 1.165) is 35.3 Å². The highest BCUT2D eigenvalue weighted by atomic mass is 35.5. The molecular formula is C19H20ClN3O. The zero-order valence-electron chi connectivity index (χ0n) is 13.6. The highest BCUT2D eigenvalue weighted by molar-refractivity contribution is 6.31. The lowest BCUT2D eigenvalue weighted by Crippen LogP contribution is -2.25. The topological polar surface area (TPSA) is 51.3 Å². The Morgan fingerprint density at radius 1 is 1.42 bits per heavy atom. The highest BCUT2D eigenvalue weighted by Gasteiger charge is 2.25. The van der Waals surface area contributed by atoms with Crippen molar-refractivity contribution < 1.29 is 0 Å². The second-order valence-corrected chi connectivity index (χ2v) is 6.46. The smallest absolute Gasteiger partial charge is 0.251 e. The van der Waals surface area contributed by atoms with Gasteiger partial charge in [0.15, 0.2) is 0 Å². The van der Waals surface area contributed by atoms with Crippen LogP contribution in [0.5, 0.6) is 0 Å². The molecule has 2 N–H and O–H groups in total. The molecule has 0 amide bonds. The molecule has 2 heterocycles. The van der Waals surface area contributed by atoms with Crippen LogP contribution in [-0.2, 0) is 6.42 Å². The lowest BCUT2D eigenvalue weighted by Gasteiger charge is -2.20. The van der Waals surface area contributed by atoms with Gasteiger partial charge in [0.25, 0.3) is 5.56 Å². The Hall–Kier alpha value is -2.46. The molecule has 0 bridgehead atoms. The number of allylic oxidation sites excluding steroid dienone is 1. The first-order valence-corrected chi connectivity index (χ1v) is 8.15. The van der Waals surface area contributed by atoms with E-state index in [4.69, 9.17) is 17.3 Å². The predicted octanol–water partition coefficient (Wildman–Crippen LogP) is 3.71. The van der Waals surface area contributed by atoms with Crippen LogP contribution in [0.2, 0.25) is 5.02 Å². The van der Waals surface area contributed by atoms with E-state index in [1.54, 1.807) is 16.8 Å². The number of fused-ring (bicyclic) bond motifs is 1. The molecule has 1 aromatic carbocycles. The van der Waals surface area contributed by atoms with Crippen molar-refractivity contribution in [3.8, 4) is 11.1 Å². The van der Waals surface area contributed by atoms with Crippen LogP contribution < -0.4 is 16.2 Å². The third-order valence-corrected chi connectivity index (χ3v) is 4.72. The van der Waals surface area contributed by atoms with Crippen LogP contribution in [0.15, 0.2) is 60.2 Å². The molecule has 124 valence electrons. The molecule has 0 aliphatic carbocycles. The van der Waals surface area contributed by atoms with E-state index in [1.165, 1.54) is 0 Å². The van der Waals surface area contributed by atoms with Gasteiger partial charge in [0.05, 0.1) is 6.04 Å². The summed E-state index contributed by atoms with van der Waals surface area (Å²) in [6.45, 7) is 7.60. The van der Waals surface area contributed by atoms with Crippen molar-refractivity contribution in [1.82, 2.24) is 4.57 Å². The largest absolute Gasteiger partial charge is 0.401 e. The number of hydrogen-bond acceptors (Lipinski definition) is 3. The number of nitrogens with zero attached hydrogens (tertiary/aromatic N) is 2. The fourth-order valence-electron chi connectivity index (χ4n) is 3.25. The molecule has 1 aliphatic rings. The number of rotatable bonds is 4. The first-order valence-electron chi connectivity index (χ1n) is 7.77. The second-order valence-electron chi connectivity index (χ2n) is 6.03. The predicted molar refractivity (Wildman–Crippen MR) is 100 cm³/mol. The Morgan fingerprint density at radius 3 is 2.83 bits per heavy atom. The van der Waals surface area contributed by atoms with Crippen LogP contribution in [0.1, 0.15) is 18.2 Å². The minimum atomic E-state index is -0.115. The quantitative estimate of drug-likeness (QED) is 0.922. The molecule has 1 aromatic heterocycles. The van der Waals surface area contributed by atoms with Gasteiger partial charge in [-0.1, -0.05) is 24.8 Å². The van der Waals surface area contributed by atoms with Crippen molar-refractivity contribution in [2.45, 2.75) is 18.9 Å².